The molecule has 0 unspecified atom stereocenters. The Hall–Kier alpha value is -3.28. The van der Waals surface area contributed by atoms with Gasteiger partial charge in [-0.3, -0.25) is 14.9 Å². The van der Waals surface area contributed by atoms with Crippen LogP contribution in [0.2, 0.25) is 0 Å². The average Bonchev–Trinajstić information content (AvgIpc) is 2.65. The number of amides is 2. The summed E-state index contributed by atoms with van der Waals surface area (Å²) in [5, 5.41) is 2.29. The van der Waals surface area contributed by atoms with Crippen LogP contribution in [0.15, 0.2) is 48.5 Å². The highest BCUT2D eigenvalue weighted by molar-refractivity contribution is 6.09. The van der Waals surface area contributed by atoms with Gasteiger partial charge in [0.25, 0.3) is 11.8 Å². The van der Waals surface area contributed by atoms with Crippen molar-refractivity contribution in [3.05, 3.63) is 59.7 Å². The normalized spacial score (nSPS) is 10.4. The zero-order chi connectivity index (χ0) is 18.2. The Balaban J connectivity index is 2.13. The molecule has 1 N–H and O–H groups in total. The van der Waals surface area contributed by atoms with Crippen LogP contribution in [0.25, 0.3) is 6.08 Å². The molecule has 0 aromatic heterocycles. The van der Waals surface area contributed by atoms with Gasteiger partial charge in [-0.1, -0.05) is 18.2 Å². The highest BCUT2D eigenvalue weighted by Crippen LogP contribution is 2.38. The van der Waals surface area contributed by atoms with E-state index in [9.17, 15) is 9.59 Å². The van der Waals surface area contributed by atoms with Gasteiger partial charge in [0.2, 0.25) is 5.75 Å². The Kier molecular flexibility index (Phi) is 6.17. The van der Waals surface area contributed by atoms with Crippen LogP contribution in [0, 0.1) is 0 Å². The lowest BCUT2D eigenvalue weighted by molar-refractivity contribution is -0.115. The number of carbonyl (C=O) groups is 2. The molecule has 25 heavy (non-hydrogen) atoms. The highest BCUT2D eigenvalue weighted by Gasteiger charge is 2.12. The summed E-state index contributed by atoms with van der Waals surface area (Å²) >= 11 is 0. The van der Waals surface area contributed by atoms with E-state index in [1.807, 2.05) is 0 Å². The molecule has 0 bridgehead atoms. The van der Waals surface area contributed by atoms with Crippen molar-refractivity contribution in [2.24, 2.45) is 0 Å². The first-order chi connectivity index (χ1) is 12.1. The topological polar surface area (TPSA) is 73.9 Å². The summed E-state index contributed by atoms with van der Waals surface area (Å²) in [6, 6.07) is 11.9. The molecule has 0 aliphatic carbocycles. The predicted molar refractivity (Wildman–Crippen MR) is 94.0 cm³/mol. The Morgan fingerprint density at radius 2 is 1.52 bits per heavy atom. The number of hydrogen-bond acceptors (Lipinski definition) is 5. The van der Waals surface area contributed by atoms with Gasteiger partial charge in [-0.05, 0) is 35.9 Å². The quantitative estimate of drug-likeness (QED) is 0.818. The third-order valence-corrected chi connectivity index (χ3v) is 3.39. The van der Waals surface area contributed by atoms with Crippen LogP contribution in [-0.2, 0) is 4.79 Å². The summed E-state index contributed by atoms with van der Waals surface area (Å²) in [6.07, 6.45) is 2.82. The largest absolute Gasteiger partial charge is 0.493 e. The molecular weight excluding hydrogens is 322 g/mol. The molecule has 2 aromatic rings. The van der Waals surface area contributed by atoms with Crippen LogP contribution in [0.4, 0.5) is 0 Å². The SMILES string of the molecule is COc1cc(/C=C/C(=O)NC(=O)c2ccccc2)cc(OC)c1OC. The fourth-order valence-electron chi connectivity index (χ4n) is 2.18. The summed E-state index contributed by atoms with van der Waals surface area (Å²) in [7, 11) is 4.53. The molecule has 0 spiro atoms. The molecule has 0 fully saturated rings. The van der Waals surface area contributed by atoms with Crippen molar-refractivity contribution in [3.63, 3.8) is 0 Å². The molecule has 2 aromatic carbocycles. The first kappa shape index (κ1) is 18.1. The van der Waals surface area contributed by atoms with Crippen molar-refractivity contribution in [1.29, 1.82) is 0 Å². The number of carbonyl (C=O) groups excluding carboxylic acids is 2. The summed E-state index contributed by atoms with van der Waals surface area (Å²) in [5.74, 6) is 0.429. The lowest BCUT2D eigenvalue weighted by Crippen LogP contribution is -2.28. The summed E-state index contributed by atoms with van der Waals surface area (Å²) in [5.41, 5.74) is 1.08. The number of ether oxygens (including phenoxy) is 3. The van der Waals surface area contributed by atoms with E-state index < -0.39 is 11.8 Å². The van der Waals surface area contributed by atoms with Crippen molar-refractivity contribution in [1.82, 2.24) is 5.32 Å². The molecule has 0 saturated heterocycles. The van der Waals surface area contributed by atoms with Gasteiger partial charge in [0.15, 0.2) is 11.5 Å². The van der Waals surface area contributed by atoms with Gasteiger partial charge >= 0.3 is 0 Å². The number of rotatable bonds is 6. The van der Waals surface area contributed by atoms with Gasteiger partial charge in [0.05, 0.1) is 21.3 Å². The van der Waals surface area contributed by atoms with E-state index in [-0.39, 0.29) is 0 Å². The minimum Gasteiger partial charge on any atom is -0.493 e. The van der Waals surface area contributed by atoms with Gasteiger partial charge in [-0.2, -0.15) is 0 Å². The van der Waals surface area contributed by atoms with Gasteiger partial charge in [-0.25, -0.2) is 0 Å². The van der Waals surface area contributed by atoms with Gasteiger partial charge in [0, 0.05) is 11.6 Å². The van der Waals surface area contributed by atoms with E-state index in [4.69, 9.17) is 14.2 Å². The third-order valence-electron chi connectivity index (χ3n) is 3.39. The molecule has 6 heteroatoms. The zero-order valence-corrected chi connectivity index (χ0v) is 14.2. The maximum absolute atomic E-state index is 11.9. The van der Waals surface area contributed by atoms with E-state index in [0.29, 0.717) is 28.4 Å². The number of imide groups is 1. The summed E-state index contributed by atoms with van der Waals surface area (Å²) in [6.45, 7) is 0. The lowest BCUT2D eigenvalue weighted by Gasteiger charge is -2.12. The van der Waals surface area contributed by atoms with E-state index in [1.165, 1.54) is 27.4 Å². The molecule has 130 valence electrons. The van der Waals surface area contributed by atoms with Crippen molar-refractivity contribution in [3.8, 4) is 17.2 Å². The minimum atomic E-state index is -0.525. The van der Waals surface area contributed by atoms with Gasteiger partial charge in [0.1, 0.15) is 0 Å². The zero-order valence-electron chi connectivity index (χ0n) is 14.2. The van der Waals surface area contributed by atoms with Crippen molar-refractivity contribution >= 4 is 17.9 Å². The molecule has 0 aliphatic rings. The van der Waals surface area contributed by atoms with E-state index in [0.717, 1.165) is 0 Å². The highest BCUT2D eigenvalue weighted by atomic mass is 16.5. The first-order valence-corrected chi connectivity index (χ1v) is 7.47. The molecular formula is C19H19NO5. The van der Waals surface area contributed by atoms with Crippen LogP contribution < -0.4 is 19.5 Å². The van der Waals surface area contributed by atoms with E-state index >= 15 is 0 Å². The average molecular weight is 341 g/mol. The summed E-state index contributed by atoms with van der Waals surface area (Å²) < 4.78 is 15.8. The van der Waals surface area contributed by atoms with Crippen molar-refractivity contribution < 1.29 is 23.8 Å². The van der Waals surface area contributed by atoms with E-state index in [1.54, 1.807) is 48.5 Å². The van der Waals surface area contributed by atoms with Crippen LogP contribution in [0.5, 0.6) is 17.2 Å². The molecule has 6 nitrogen and oxygen atoms in total. The third kappa shape index (κ3) is 4.60. The Morgan fingerprint density at radius 1 is 0.920 bits per heavy atom. The van der Waals surface area contributed by atoms with Gasteiger partial charge in [-0.15, -0.1) is 0 Å². The predicted octanol–water partition coefficient (Wildman–Crippen LogP) is 2.68. The second-order valence-corrected chi connectivity index (χ2v) is 4.98. The molecule has 0 aliphatic heterocycles. The fraction of sp³-hybridized carbons (Fsp3) is 0.158. The Labute approximate surface area is 146 Å². The first-order valence-electron chi connectivity index (χ1n) is 7.47. The van der Waals surface area contributed by atoms with Crippen LogP contribution in [0.1, 0.15) is 15.9 Å². The molecule has 0 saturated carbocycles. The molecule has 0 atom stereocenters. The molecule has 0 radical (unpaired) electrons. The monoisotopic (exact) mass is 341 g/mol. The Morgan fingerprint density at radius 3 is 2.04 bits per heavy atom. The maximum Gasteiger partial charge on any atom is 0.258 e. The van der Waals surface area contributed by atoms with Crippen LogP contribution in [-0.4, -0.2) is 33.1 Å². The maximum atomic E-state index is 11.9. The van der Waals surface area contributed by atoms with Crippen LogP contribution in [0.3, 0.4) is 0 Å². The van der Waals surface area contributed by atoms with Crippen molar-refractivity contribution in [2.45, 2.75) is 0 Å². The standard InChI is InChI=1S/C19H19NO5/c1-23-15-11-13(12-16(24-2)18(15)25-3)9-10-17(21)20-19(22)14-7-5-4-6-8-14/h4-12H,1-3H3,(H,20,21,22)/b10-9+. The number of benzene rings is 2. The fourth-order valence-corrected chi connectivity index (χ4v) is 2.18. The molecule has 2 rings (SSSR count). The van der Waals surface area contributed by atoms with Crippen LogP contribution >= 0.6 is 0 Å². The van der Waals surface area contributed by atoms with E-state index in [2.05, 4.69) is 5.32 Å². The van der Waals surface area contributed by atoms with Crippen molar-refractivity contribution in [2.75, 3.05) is 21.3 Å². The second kappa shape index (κ2) is 8.54. The minimum absolute atomic E-state index is 0.414. The number of hydrogen-bond donors (Lipinski definition) is 1. The molecule has 0 heterocycles. The Bertz CT molecular complexity index is 759. The second-order valence-electron chi connectivity index (χ2n) is 4.98. The smallest absolute Gasteiger partial charge is 0.258 e. The summed E-state index contributed by atoms with van der Waals surface area (Å²) in [4.78, 5) is 23.9. The molecule has 2 amide bonds. The number of methoxy groups -OCH3 is 3. The lowest BCUT2D eigenvalue weighted by atomic mass is 10.1. The number of nitrogens with one attached hydrogen (secondary N) is 1. The van der Waals surface area contributed by atoms with Gasteiger partial charge < -0.3 is 14.2 Å².